The van der Waals surface area contributed by atoms with Crippen molar-refractivity contribution in [2.75, 3.05) is 12.0 Å². The zero-order valence-electron chi connectivity index (χ0n) is 15.3. The normalized spacial score (nSPS) is 15.1. The van der Waals surface area contributed by atoms with Crippen LogP contribution < -0.4 is 9.64 Å². The highest BCUT2D eigenvalue weighted by Crippen LogP contribution is 2.36. The zero-order chi connectivity index (χ0) is 19.5. The summed E-state index contributed by atoms with van der Waals surface area (Å²) in [5.41, 5.74) is 4.10. The maximum atomic E-state index is 13.3. The van der Waals surface area contributed by atoms with E-state index < -0.39 is 0 Å². The summed E-state index contributed by atoms with van der Waals surface area (Å²) < 4.78 is 5.34. The monoisotopic (exact) mass is 387 g/mol. The number of carbonyl (C=O) groups excluding carboxylic acids is 1. The molecule has 138 valence electrons. The molecule has 3 aromatic rings. The molecular formula is C24H18ClNO2. The lowest BCUT2D eigenvalue weighted by Crippen LogP contribution is -2.24. The number of halogens is 1. The van der Waals surface area contributed by atoms with Crippen LogP contribution in [-0.2, 0) is 4.79 Å². The molecule has 1 amide bonds. The predicted octanol–water partition coefficient (Wildman–Crippen LogP) is 5.82. The van der Waals surface area contributed by atoms with Gasteiger partial charge in [-0.3, -0.25) is 9.69 Å². The minimum atomic E-state index is -0.0814. The van der Waals surface area contributed by atoms with E-state index in [4.69, 9.17) is 16.3 Å². The standard InChI is InChI=1S/C24H18ClNO2/c1-28-22-9-5-8-21(16-22)26-23(18-6-3-2-4-7-18)15-19(24(26)27)14-17-10-12-20(25)13-11-17/h2-16H,1H3/b19-14+. The molecule has 0 spiro atoms. The van der Waals surface area contributed by atoms with Gasteiger partial charge in [-0.05, 0) is 47.5 Å². The molecule has 1 heterocycles. The number of rotatable bonds is 4. The molecule has 0 bridgehead atoms. The molecule has 4 rings (SSSR count). The van der Waals surface area contributed by atoms with Crippen LogP contribution >= 0.6 is 11.6 Å². The summed E-state index contributed by atoms with van der Waals surface area (Å²) in [5, 5.41) is 0.665. The van der Waals surface area contributed by atoms with Crippen molar-refractivity contribution in [1.82, 2.24) is 0 Å². The number of benzene rings is 3. The van der Waals surface area contributed by atoms with Crippen molar-refractivity contribution >= 4 is 35.0 Å². The summed E-state index contributed by atoms with van der Waals surface area (Å²) in [4.78, 5) is 15.0. The molecule has 0 unspecified atom stereocenters. The van der Waals surface area contributed by atoms with Crippen LogP contribution in [0, 0.1) is 0 Å². The van der Waals surface area contributed by atoms with Gasteiger partial charge in [-0.1, -0.05) is 60.1 Å². The number of anilines is 1. The fraction of sp³-hybridized carbons (Fsp3) is 0.0417. The van der Waals surface area contributed by atoms with E-state index in [0.29, 0.717) is 16.3 Å². The molecule has 0 aromatic heterocycles. The lowest BCUT2D eigenvalue weighted by atomic mass is 10.1. The van der Waals surface area contributed by atoms with Gasteiger partial charge in [0.2, 0.25) is 0 Å². The largest absolute Gasteiger partial charge is 0.497 e. The first-order valence-electron chi connectivity index (χ1n) is 8.88. The maximum Gasteiger partial charge on any atom is 0.262 e. The van der Waals surface area contributed by atoms with Crippen molar-refractivity contribution < 1.29 is 9.53 Å². The van der Waals surface area contributed by atoms with Crippen LogP contribution in [0.25, 0.3) is 11.8 Å². The summed E-state index contributed by atoms with van der Waals surface area (Å²) >= 11 is 5.97. The summed E-state index contributed by atoms with van der Waals surface area (Å²) in [6.45, 7) is 0. The molecule has 4 heteroatoms. The average Bonchev–Trinajstić information content (AvgIpc) is 3.06. The van der Waals surface area contributed by atoms with E-state index in [1.54, 1.807) is 12.0 Å². The highest BCUT2D eigenvalue weighted by molar-refractivity contribution is 6.30. The van der Waals surface area contributed by atoms with E-state index in [0.717, 1.165) is 22.5 Å². The Balaban J connectivity index is 1.81. The van der Waals surface area contributed by atoms with Gasteiger partial charge in [-0.2, -0.15) is 0 Å². The minimum Gasteiger partial charge on any atom is -0.497 e. The van der Waals surface area contributed by atoms with Crippen molar-refractivity contribution in [1.29, 1.82) is 0 Å². The Hall–Kier alpha value is -3.30. The molecule has 0 saturated carbocycles. The van der Waals surface area contributed by atoms with Crippen LogP contribution in [0.4, 0.5) is 5.69 Å². The average molecular weight is 388 g/mol. The van der Waals surface area contributed by atoms with E-state index in [9.17, 15) is 4.79 Å². The molecule has 0 atom stereocenters. The van der Waals surface area contributed by atoms with E-state index >= 15 is 0 Å². The Morgan fingerprint density at radius 1 is 0.929 bits per heavy atom. The van der Waals surface area contributed by atoms with Gasteiger partial charge in [0, 0.05) is 16.7 Å². The minimum absolute atomic E-state index is 0.0814. The van der Waals surface area contributed by atoms with Crippen LogP contribution in [0.5, 0.6) is 5.75 Å². The second kappa shape index (κ2) is 7.75. The number of ether oxygens (including phenoxy) is 1. The first kappa shape index (κ1) is 18.1. The van der Waals surface area contributed by atoms with Crippen molar-refractivity contribution in [2.45, 2.75) is 0 Å². The van der Waals surface area contributed by atoms with Gasteiger partial charge in [0.25, 0.3) is 5.91 Å². The first-order valence-corrected chi connectivity index (χ1v) is 9.26. The fourth-order valence-electron chi connectivity index (χ4n) is 3.18. The van der Waals surface area contributed by atoms with Crippen LogP contribution in [0.2, 0.25) is 5.02 Å². The van der Waals surface area contributed by atoms with E-state index in [1.165, 1.54) is 0 Å². The van der Waals surface area contributed by atoms with E-state index in [2.05, 4.69) is 0 Å². The molecule has 0 fully saturated rings. The summed E-state index contributed by atoms with van der Waals surface area (Å²) in [6.07, 6.45) is 3.80. The topological polar surface area (TPSA) is 29.5 Å². The van der Waals surface area contributed by atoms with Gasteiger partial charge >= 0.3 is 0 Å². The van der Waals surface area contributed by atoms with Crippen molar-refractivity contribution in [2.24, 2.45) is 0 Å². The zero-order valence-corrected chi connectivity index (χ0v) is 16.1. The Bertz CT molecular complexity index is 1070. The molecule has 1 aliphatic heterocycles. The second-order valence-electron chi connectivity index (χ2n) is 6.39. The third-order valence-corrected chi connectivity index (χ3v) is 4.81. The van der Waals surface area contributed by atoms with E-state index in [1.807, 2.05) is 91.0 Å². The summed E-state index contributed by atoms with van der Waals surface area (Å²) in [7, 11) is 1.62. The van der Waals surface area contributed by atoms with Crippen molar-refractivity contribution in [3.05, 3.63) is 107 Å². The molecule has 3 aromatic carbocycles. The SMILES string of the molecule is COc1cccc(N2C(=O)/C(=C/c3ccc(Cl)cc3)C=C2c2ccccc2)c1. The third-order valence-electron chi connectivity index (χ3n) is 4.56. The molecule has 3 nitrogen and oxygen atoms in total. The quantitative estimate of drug-likeness (QED) is 0.528. The number of carbonyl (C=O) groups is 1. The predicted molar refractivity (Wildman–Crippen MR) is 114 cm³/mol. The highest BCUT2D eigenvalue weighted by Gasteiger charge is 2.30. The molecule has 28 heavy (non-hydrogen) atoms. The van der Waals surface area contributed by atoms with Gasteiger partial charge in [0.1, 0.15) is 5.75 Å². The number of methoxy groups -OCH3 is 1. The van der Waals surface area contributed by atoms with Crippen LogP contribution in [0.1, 0.15) is 11.1 Å². The Labute approximate surface area is 169 Å². The smallest absolute Gasteiger partial charge is 0.262 e. The molecule has 0 saturated heterocycles. The van der Waals surface area contributed by atoms with Crippen molar-refractivity contribution in [3.63, 3.8) is 0 Å². The number of hydrogen-bond donors (Lipinski definition) is 0. The molecule has 0 N–H and O–H groups in total. The highest BCUT2D eigenvalue weighted by atomic mass is 35.5. The fourth-order valence-corrected chi connectivity index (χ4v) is 3.31. The number of hydrogen-bond acceptors (Lipinski definition) is 2. The van der Waals surface area contributed by atoms with Gasteiger partial charge in [0.15, 0.2) is 0 Å². The van der Waals surface area contributed by atoms with Gasteiger partial charge in [-0.15, -0.1) is 0 Å². The van der Waals surface area contributed by atoms with Crippen LogP contribution in [-0.4, -0.2) is 13.0 Å². The van der Waals surface area contributed by atoms with E-state index in [-0.39, 0.29) is 5.91 Å². The lowest BCUT2D eigenvalue weighted by molar-refractivity contribution is -0.113. The van der Waals surface area contributed by atoms with Crippen LogP contribution in [0.3, 0.4) is 0 Å². The van der Waals surface area contributed by atoms with Crippen molar-refractivity contribution in [3.8, 4) is 5.75 Å². The summed E-state index contributed by atoms with van der Waals surface area (Å²) in [6, 6.07) is 24.8. The van der Waals surface area contributed by atoms with Gasteiger partial charge in [0.05, 0.1) is 18.5 Å². The molecule has 1 aliphatic rings. The third kappa shape index (κ3) is 3.57. The Morgan fingerprint density at radius 2 is 1.68 bits per heavy atom. The Kier molecular flexibility index (Phi) is 5.00. The van der Waals surface area contributed by atoms with Gasteiger partial charge < -0.3 is 4.74 Å². The second-order valence-corrected chi connectivity index (χ2v) is 6.83. The molecule has 0 aliphatic carbocycles. The lowest BCUT2D eigenvalue weighted by Gasteiger charge is -2.21. The molecule has 0 radical (unpaired) electrons. The summed E-state index contributed by atoms with van der Waals surface area (Å²) in [5.74, 6) is 0.620. The van der Waals surface area contributed by atoms with Gasteiger partial charge in [-0.25, -0.2) is 0 Å². The number of amides is 1. The van der Waals surface area contributed by atoms with Crippen LogP contribution in [0.15, 0.2) is 90.5 Å². The maximum absolute atomic E-state index is 13.3. The number of nitrogens with zero attached hydrogens (tertiary/aromatic N) is 1. The molecular weight excluding hydrogens is 370 g/mol. The Morgan fingerprint density at radius 3 is 2.39 bits per heavy atom. The first-order chi connectivity index (χ1) is 13.7.